The Morgan fingerprint density at radius 3 is 2.10 bits per heavy atom. The van der Waals surface area contributed by atoms with E-state index in [1.165, 1.54) is 48.2 Å². The molecule has 1 heterocycles. The third kappa shape index (κ3) is 3.00. The predicted molar refractivity (Wildman–Crippen MR) is 101 cm³/mol. The van der Waals surface area contributed by atoms with Gasteiger partial charge < -0.3 is 20.1 Å². The number of carboxylic acids is 1. The summed E-state index contributed by atoms with van der Waals surface area (Å²) in [6.45, 7) is 1.29. The molecule has 4 rings (SSSR count). The predicted octanol–water partition coefficient (Wildman–Crippen LogP) is 4.39. The van der Waals surface area contributed by atoms with Crippen molar-refractivity contribution in [1.82, 2.24) is 0 Å². The fourth-order valence-corrected chi connectivity index (χ4v) is 3.21. The molecule has 0 radical (unpaired) electrons. The zero-order valence-electron chi connectivity index (χ0n) is 15.0. The highest BCUT2D eigenvalue weighted by Crippen LogP contribution is 2.51. The number of aromatic hydroxyl groups is 2. The Morgan fingerprint density at radius 2 is 1.52 bits per heavy atom. The van der Waals surface area contributed by atoms with Gasteiger partial charge in [-0.15, -0.1) is 0 Å². The molecular formula is C21H14FNO6. The normalized spacial score (nSPS) is 12.0. The van der Waals surface area contributed by atoms with Gasteiger partial charge in [-0.2, -0.15) is 0 Å². The molecule has 8 heteroatoms. The van der Waals surface area contributed by atoms with Crippen molar-refractivity contribution in [1.29, 1.82) is 0 Å². The number of fused-ring (bicyclic) bond motifs is 2. The quantitative estimate of drug-likeness (QED) is 0.594. The summed E-state index contributed by atoms with van der Waals surface area (Å²) in [5.41, 5.74) is 1.31. The van der Waals surface area contributed by atoms with E-state index in [4.69, 9.17) is 9.84 Å². The van der Waals surface area contributed by atoms with E-state index in [9.17, 15) is 24.2 Å². The molecule has 0 spiro atoms. The van der Waals surface area contributed by atoms with Crippen LogP contribution in [-0.2, 0) is 4.79 Å². The van der Waals surface area contributed by atoms with Crippen molar-refractivity contribution in [2.75, 3.05) is 4.90 Å². The second-order valence-electron chi connectivity index (χ2n) is 6.45. The first-order valence-electron chi connectivity index (χ1n) is 8.48. The van der Waals surface area contributed by atoms with Crippen LogP contribution in [-0.4, -0.2) is 27.2 Å². The maximum absolute atomic E-state index is 13.9. The molecule has 3 N–H and O–H groups in total. The molecule has 1 amide bonds. The van der Waals surface area contributed by atoms with Gasteiger partial charge in [0, 0.05) is 30.7 Å². The van der Waals surface area contributed by atoms with Gasteiger partial charge in [-0.25, -0.2) is 9.18 Å². The van der Waals surface area contributed by atoms with Crippen molar-refractivity contribution in [3.8, 4) is 34.1 Å². The summed E-state index contributed by atoms with van der Waals surface area (Å²) in [5, 5.41) is 29.1. The highest BCUT2D eigenvalue weighted by Gasteiger charge is 2.30. The van der Waals surface area contributed by atoms with Crippen molar-refractivity contribution in [3.05, 3.63) is 59.9 Å². The number of rotatable bonds is 2. The van der Waals surface area contributed by atoms with Crippen LogP contribution in [0.2, 0.25) is 0 Å². The van der Waals surface area contributed by atoms with Gasteiger partial charge in [0.2, 0.25) is 5.91 Å². The molecule has 7 nitrogen and oxygen atoms in total. The van der Waals surface area contributed by atoms with Crippen LogP contribution in [0.5, 0.6) is 23.0 Å². The Labute approximate surface area is 163 Å². The van der Waals surface area contributed by atoms with Crippen molar-refractivity contribution in [2.24, 2.45) is 0 Å². The largest absolute Gasteiger partial charge is 0.507 e. The lowest BCUT2D eigenvalue weighted by atomic mass is 10.0. The summed E-state index contributed by atoms with van der Waals surface area (Å²) in [4.78, 5) is 24.6. The van der Waals surface area contributed by atoms with Crippen LogP contribution in [0.3, 0.4) is 0 Å². The molecule has 3 aromatic carbocycles. The molecule has 3 aromatic rings. The number of phenolic OH excluding ortho intramolecular Hbond substituents is 2. The maximum atomic E-state index is 13.9. The smallest absolute Gasteiger partial charge is 0.335 e. The lowest BCUT2D eigenvalue weighted by Crippen LogP contribution is -2.26. The summed E-state index contributed by atoms with van der Waals surface area (Å²) in [7, 11) is 0. The Hall–Kier alpha value is -4.07. The number of benzene rings is 3. The van der Waals surface area contributed by atoms with Gasteiger partial charge in [-0.1, -0.05) is 12.1 Å². The van der Waals surface area contributed by atoms with Crippen molar-refractivity contribution >= 4 is 23.3 Å². The topological polar surface area (TPSA) is 107 Å². The Kier molecular flexibility index (Phi) is 4.11. The Bertz CT molecular complexity index is 1170. The highest BCUT2D eigenvalue weighted by molar-refractivity contribution is 6.04. The van der Waals surface area contributed by atoms with Crippen molar-refractivity contribution in [2.45, 2.75) is 6.92 Å². The van der Waals surface area contributed by atoms with E-state index in [0.29, 0.717) is 11.1 Å². The van der Waals surface area contributed by atoms with E-state index in [0.717, 1.165) is 12.1 Å². The summed E-state index contributed by atoms with van der Waals surface area (Å²) >= 11 is 0. The van der Waals surface area contributed by atoms with Gasteiger partial charge in [0.1, 0.15) is 5.75 Å². The molecule has 0 aromatic heterocycles. The first-order chi connectivity index (χ1) is 13.8. The lowest BCUT2D eigenvalue weighted by molar-refractivity contribution is -0.115. The monoisotopic (exact) mass is 395 g/mol. The zero-order chi connectivity index (χ0) is 20.9. The Morgan fingerprint density at radius 1 is 0.931 bits per heavy atom. The fraction of sp³-hybridized carbons (Fsp3) is 0.0476. The van der Waals surface area contributed by atoms with Gasteiger partial charge in [0.05, 0.1) is 16.9 Å². The average Bonchev–Trinajstić information content (AvgIpc) is 2.67. The summed E-state index contributed by atoms with van der Waals surface area (Å²) in [6, 6.07) is 10.7. The van der Waals surface area contributed by atoms with Gasteiger partial charge in [-0.3, -0.25) is 9.69 Å². The fourth-order valence-electron chi connectivity index (χ4n) is 3.21. The number of hydrogen-bond acceptors (Lipinski definition) is 5. The minimum Gasteiger partial charge on any atom is -0.507 e. The first kappa shape index (κ1) is 18.3. The highest BCUT2D eigenvalue weighted by atomic mass is 19.1. The SMILES string of the molecule is CC(=O)N1c2cc(F)c(O)cc2Oc2cc(O)c(-c3ccc(C(=O)O)cc3)cc21. The molecule has 29 heavy (non-hydrogen) atoms. The number of hydrogen-bond donors (Lipinski definition) is 3. The van der Waals surface area contributed by atoms with E-state index in [-0.39, 0.29) is 34.2 Å². The summed E-state index contributed by atoms with van der Waals surface area (Å²) < 4.78 is 19.6. The van der Waals surface area contributed by atoms with Crippen LogP contribution in [0, 0.1) is 5.82 Å². The van der Waals surface area contributed by atoms with Crippen LogP contribution < -0.4 is 9.64 Å². The number of amides is 1. The van der Waals surface area contributed by atoms with Crippen LogP contribution in [0.1, 0.15) is 17.3 Å². The third-order valence-corrected chi connectivity index (χ3v) is 4.57. The van der Waals surface area contributed by atoms with Crippen LogP contribution >= 0.6 is 0 Å². The lowest BCUT2D eigenvalue weighted by Gasteiger charge is -2.31. The van der Waals surface area contributed by atoms with E-state index in [1.54, 1.807) is 0 Å². The molecule has 0 unspecified atom stereocenters. The molecule has 1 aliphatic heterocycles. The van der Waals surface area contributed by atoms with E-state index in [1.807, 2.05) is 0 Å². The van der Waals surface area contributed by atoms with Gasteiger partial charge >= 0.3 is 5.97 Å². The first-order valence-corrected chi connectivity index (χ1v) is 8.48. The average molecular weight is 395 g/mol. The molecule has 0 fully saturated rings. The standard InChI is InChI=1S/C21H14FNO6/c1-10(24)23-15-6-13(11-2-4-12(5-3-11)21(27)28)17(25)8-19(15)29-20-9-18(26)14(22)7-16(20)23/h2-9,25-26H,1H3,(H,27,28). The minimum absolute atomic E-state index is 0.0598. The van der Waals surface area contributed by atoms with E-state index < -0.39 is 23.4 Å². The third-order valence-electron chi connectivity index (χ3n) is 4.57. The summed E-state index contributed by atoms with van der Waals surface area (Å²) in [6.07, 6.45) is 0. The van der Waals surface area contributed by atoms with Crippen LogP contribution in [0.15, 0.2) is 48.5 Å². The zero-order valence-corrected chi connectivity index (χ0v) is 15.0. The van der Waals surface area contributed by atoms with Crippen molar-refractivity contribution in [3.63, 3.8) is 0 Å². The molecule has 0 saturated carbocycles. The van der Waals surface area contributed by atoms with Crippen LogP contribution in [0.25, 0.3) is 11.1 Å². The van der Waals surface area contributed by atoms with Crippen LogP contribution in [0.4, 0.5) is 15.8 Å². The maximum Gasteiger partial charge on any atom is 0.335 e. The second kappa shape index (κ2) is 6.52. The second-order valence-corrected chi connectivity index (χ2v) is 6.45. The Balaban J connectivity index is 1.87. The molecule has 0 saturated heterocycles. The molecule has 146 valence electrons. The number of aromatic carboxylic acids is 1. The number of anilines is 2. The summed E-state index contributed by atoms with van der Waals surface area (Å²) in [5.74, 6) is -3.01. The van der Waals surface area contributed by atoms with Gasteiger partial charge in [-0.05, 0) is 23.8 Å². The number of ether oxygens (including phenoxy) is 1. The molecule has 0 atom stereocenters. The molecule has 0 aliphatic carbocycles. The van der Waals surface area contributed by atoms with Gasteiger partial charge in [0.15, 0.2) is 23.1 Å². The molecular weight excluding hydrogens is 381 g/mol. The molecule has 0 bridgehead atoms. The number of phenols is 2. The molecule has 1 aliphatic rings. The number of nitrogens with zero attached hydrogens (tertiary/aromatic N) is 1. The number of halogens is 1. The number of carbonyl (C=O) groups is 2. The number of carbonyl (C=O) groups excluding carboxylic acids is 1. The number of carboxylic acid groups (broad SMARTS) is 1. The van der Waals surface area contributed by atoms with Crippen molar-refractivity contribution < 1.29 is 34.0 Å². The van der Waals surface area contributed by atoms with E-state index in [2.05, 4.69) is 0 Å². The van der Waals surface area contributed by atoms with E-state index >= 15 is 0 Å². The van der Waals surface area contributed by atoms with Gasteiger partial charge in [0.25, 0.3) is 0 Å². The minimum atomic E-state index is -1.08.